The van der Waals surface area contributed by atoms with Crippen LogP contribution in [0.4, 0.5) is 5.69 Å². The van der Waals surface area contributed by atoms with Crippen molar-refractivity contribution < 1.29 is 4.79 Å². The molecule has 166 valence electrons. The fourth-order valence-electron chi connectivity index (χ4n) is 4.19. The van der Waals surface area contributed by atoms with E-state index in [9.17, 15) is 10.1 Å². The van der Waals surface area contributed by atoms with Gasteiger partial charge in [0.05, 0.1) is 23.5 Å². The molecule has 1 fully saturated rings. The van der Waals surface area contributed by atoms with Crippen molar-refractivity contribution >= 4 is 17.3 Å². The summed E-state index contributed by atoms with van der Waals surface area (Å²) in [6, 6.07) is 28.1. The van der Waals surface area contributed by atoms with Crippen molar-refractivity contribution in [1.29, 1.82) is 5.26 Å². The molecule has 3 aromatic carbocycles. The summed E-state index contributed by atoms with van der Waals surface area (Å²) < 4.78 is 0. The van der Waals surface area contributed by atoms with Gasteiger partial charge >= 0.3 is 0 Å². The van der Waals surface area contributed by atoms with E-state index in [4.69, 9.17) is 4.99 Å². The van der Waals surface area contributed by atoms with Crippen LogP contribution in [0, 0.1) is 17.2 Å². The van der Waals surface area contributed by atoms with Crippen LogP contribution in [0.2, 0.25) is 0 Å². The lowest BCUT2D eigenvalue weighted by Gasteiger charge is -2.38. The highest BCUT2D eigenvalue weighted by molar-refractivity contribution is 6.14. The molecule has 1 N–H and O–H groups in total. The summed E-state index contributed by atoms with van der Waals surface area (Å²) in [5.74, 6) is 0.448. The smallest absolute Gasteiger partial charge is 0.237 e. The van der Waals surface area contributed by atoms with E-state index in [2.05, 4.69) is 25.2 Å². The molecule has 1 unspecified atom stereocenters. The molecule has 0 aliphatic carbocycles. The maximum Gasteiger partial charge on any atom is 0.237 e. The molecule has 1 heterocycles. The average Bonchev–Trinajstić information content (AvgIpc) is 2.85. The van der Waals surface area contributed by atoms with Gasteiger partial charge < -0.3 is 10.2 Å². The Morgan fingerprint density at radius 1 is 1.06 bits per heavy atom. The van der Waals surface area contributed by atoms with Gasteiger partial charge in [0.15, 0.2) is 0 Å². The monoisotopic (exact) mass is 436 g/mol. The third-order valence-corrected chi connectivity index (χ3v) is 5.98. The van der Waals surface area contributed by atoms with Gasteiger partial charge in [-0.3, -0.25) is 4.79 Å². The Balaban J connectivity index is 1.75. The van der Waals surface area contributed by atoms with Gasteiger partial charge in [0.2, 0.25) is 5.91 Å². The Morgan fingerprint density at radius 2 is 1.70 bits per heavy atom. The molecule has 0 spiro atoms. The molecule has 33 heavy (non-hydrogen) atoms. The zero-order valence-electron chi connectivity index (χ0n) is 19.0. The first kappa shape index (κ1) is 22.4. The number of nitrogens with one attached hydrogen (secondary N) is 1. The number of carbonyl (C=O) groups is 1. The first-order valence-corrected chi connectivity index (χ1v) is 11.3. The number of hydrogen-bond acceptors (Lipinski definition) is 4. The SMILES string of the molecule is CC(C)C1CNCC(=O)N1Cc1ccc(C#N)c(N=C(c2ccccc2)c2ccccc2)c1. The standard InChI is InChI=1S/C28H28N4O/c1-20(2)26-17-30-18-27(33)32(26)19-21-13-14-24(16-29)25(15-21)31-28(22-9-5-3-6-10-22)23-11-7-4-8-12-23/h3-15,20,26,30H,17-19H2,1-2H3. The average molecular weight is 437 g/mol. The van der Waals surface area contributed by atoms with Crippen LogP contribution in [0.1, 0.15) is 36.1 Å². The second kappa shape index (κ2) is 10.2. The summed E-state index contributed by atoms with van der Waals surface area (Å²) >= 11 is 0. The predicted octanol–water partition coefficient (Wildman–Crippen LogP) is 4.68. The van der Waals surface area contributed by atoms with Crippen LogP contribution in [-0.2, 0) is 11.3 Å². The van der Waals surface area contributed by atoms with Gasteiger partial charge in [-0.05, 0) is 23.6 Å². The third-order valence-electron chi connectivity index (χ3n) is 5.98. The normalized spacial score (nSPS) is 15.9. The molecule has 1 saturated heterocycles. The van der Waals surface area contributed by atoms with Crippen molar-refractivity contribution in [3.05, 3.63) is 101 Å². The lowest BCUT2D eigenvalue weighted by Crippen LogP contribution is -2.56. The minimum Gasteiger partial charge on any atom is -0.333 e. The van der Waals surface area contributed by atoms with Gasteiger partial charge in [0.25, 0.3) is 0 Å². The Bertz CT molecular complexity index is 1140. The van der Waals surface area contributed by atoms with E-state index in [1.807, 2.05) is 77.7 Å². The molecule has 0 radical (unpaired) electrons. The van der Waals surface area contributed by atoms with E-state index in [-0.39, 0.29) is 11.9 Å². The van der Waals surface area contributed by atoms with E-state index in [1.165, 1.54) is 0 Å². The van der Waals surface area contributed by atoms with Gasteiger partial charge in [0, 0.05) is 30.3 Å². The molecule has 3 aromatic rings. The van der Waals surface area contributed by atoms with E-state index in [0.717, 1.165) is 28.9 Å². The van der Waals surface area contributed by atoms with Gasteiger partial charge in [-0.2, -0.15) is 5.26 Å². The number of nitriles is 1. The van der Waals surface area contributed by atoms with Gasteiger partial charge in [0.1, 0.15) is 6.07 Å². The maximum absolute atomic E-state index is 12.7. The number of piperazine rings is 1. The summed E-state index contributed by atoms with van der Waals surface area (Å²) in [7, 11) is 0. The second-order valence-corrected chi connectivity index (χ2v) is 8.62. The molecule has 0 saturated carbocycles. The van der Waals surface area contributed by atoms with Crippen LogP contribution < -0.4 is 5.32 Å². The van der Waals surface area contributed by atoms with Crippen LogP contribution in [0.5, 0.6) is 0 Å². The fraction of sp³-hybridized carbons (Fsp3) is 0.250. The minimum atomic E-state index is 0.101. The number of carbonyl (C=O) groups excluding carboxylic acids is 1. The van der Waals surface area contributed by atoms with Gasteiger partial charge in [-0.25, -0.2) is 4.99 Å². The molecule has 0 aromatic heterocycles. The van der Waals surface area contributed by atoms with Crippen LogP contribution in [0.25, 0.3) is 0 Å². The molecule has 1 aliphatic heterocycles. The van der Waals surface area contributed by atoms with Crippen LogP contribution in [-0.4, -0.2) is 35.7 Å². The van der Waals surface area contributed by atoms with E-state index in [0.29, 0.717) is 30.3 Å². The topological polar surface area (TPSA) is 68.5 Å². The van der Waals surface area contributed by atoms with Crippen molar-refractivity contribution in [3.8, 4) is 6.07 Å². The second-order valence-electron chi connectivity index (χ2n) is 8.62. The summed E-state index contributed by atoms with van der Waals surface area (Å²) in [6.45, 7) is 5.92. The Kier molecular flexibility index (Phi) is 6.97. The van der Waals surface area contributed by atoms with Crippen molar-refractivity contribution in [3.63, 3.8) is 0 Å². The summed E-state index contributed by atoms with van der Waals surface area (Å²) in [4.78, 5) is 19.6. The van der Waals surface area contributed by atoms with Crippen LogP contribution in [0.3, 0.4) is 0 Å². The van der Waals surface area contributed by atoms with Crippen molar-refractivity contribution in [2.24, 2.45) is 10.9 Å². The molecular formula is C28H28N4O. The summed E-state index contributed by atoms with van der Waals surface area (Å²) in [5, 5.41) is 13.0. The highest BCUT2D eigenvalue weighted by atomic mass is 16.2. The maximum atomic E-state index is 12.7. The van der Waals surface area contributed by atoms with E-state index < -0.39 is 0 Å². The highest BCUT2D eigenvalue weighted by Crippen LogP contribution is 2.26. The van der Waals surface area contributed by atoms with E-state index in [1.54, 1.807) is 6.07 Å². The number of hydrogen-bond donors (Lipinski definition) is 1. The van der Waals surface area contributed by atoms with Crippen molar-refractivity contribution in [2.75, 3.05) is 13.1 Å². The largest absolute Gasteiger partial charge is 0.333 e. The molecule has 1 aliphatic rings. The van der Waals surface area contributed by atoms with Crippen LogP contribution >= 0.6 is 0 Å². The first-order valence-electron chi connectivity index (χ1n) is 11.3. The Hall–Kier alpha value is -3.75. The third kappa shape index (κ3) is 5.19. The lowest BCUT2D eigenvalue weighted by molar-refractivity contribution is -0.136. The van der Waals surface area contributed by atoms with Crippen LogP contribution in [0.15, 0.2) is 83.9 Å². The summed E-state index contributed by atoms with van der Waals surface area (Å²) in [5.41, 5.74) is 4.86. The first-order chi connectivity index (χ1) is 16.1. The molecule has 1 atom stereocenters. The summed E-state index contributed by atoms with van der Waals surface area (Å²) in [6.07, 6.45) is 0. The molecular weight excluding hydrogens is 408 g/mol. The quantitative estimate of drug-likeness (QED) is 0.570. The van der Waals surface area contributed by atoms with Crippen molar-refractivity contribution in [1.82, 2.24) is 10.2 Å². The Morgan fingerprint density at radius 3 is 2.27 bits per heavy atom. The minimum absolute atomic E-state index is 0.101. The zero-order valence-corrected chi connectivity index (χ0v) is 19.0. The number of aliphatic imine (C=N–C) groups is 1. The fourth-order valence-corrected chi connectivity index (χ4v) is 4.19. The van der Waals surface area contributed by atoms with Crippen molar-refractivity contribution in [2.45, 2.75) is 26.4 Å². The van der Waals surface area contributed by atoms with E-state index >= 15 is 0 Å². The molecule has 5 heteroatoms. The zero-order chi connectivity index (χ0) is 23.2. The number of amides is 1. The van der Waals surface area contributed by atoms with Gasteiger partial charge in [-0.15, -0.1) is 0 Å². The number of rotatable bonds is 6. The molecule has 1 amide bonds. The van der Waals surface area contributed by atoms with Gasteiger partial charge in [-0.1, -0.05) is 80.6 Å². The lowest BCUT2D eigenvalue weighted by atomic mass is 9.99. The molecule has 0 bridgehead atoms. The number of benzene rings is 3. The predicted molar refractivity (Wildman–Crippen MR) is 131 cm³/mol. The molecule has 4 rings (SSSR count). The Labute approximate surface area is 195 Å². The number of nitrogens with zero attached hydrogens (tertiary/aromatic N) is 3. The molecule has 5 nitrogen and oxygen atoms in total. The highest BCUT2D eigenvalue weighted by Gasteiger charge is 2.30.